The minimum Gasteiger partial charge on any atom is -0.378 e. The van der Waals surface area contributed by atoms with Gasteiger partial charge in [-0.3, -0.25) is 4.98 Å². The average Bonchev–Trinajstić information content (AvgIpc) is 2.39. The molecule has 0 aromatic carbocycles. The van der Waals surface area contributed by atoms with Crippen LogP contribution in [0.3, 0.4) is 0 Å². The van der Waals surface area contributed by atoms with Gasteiger partial charge < -0.3 is 4.74 Å². The predicted molar refractivity (Wildman–Crippen MR) is 72.4 cm³/mol. The third-order valence-electron chi connectivity index (χ3n) is 3.65. The van der Waals surface area contributed by atoms with Crippen LogP contribution in [0.2, 0.25) is 0 Å². The maximum Gasteiger partial charge on any atom is 0.245 e. The lowest BCUT2D eigenvalue weighted by Crippen LogP contribution is -2.56. The van der Waals surface area contributed by atoms with E-state index in [-0.39, 0.29) is 4.90 Å². The van der Waals surface area contributed by atoms with Crippen molar-refractivity contribution in [2.24, 2.45) is 0 Å². The highest BCUT2D eigenvalue weighted by atomic mass is 32.2. The van der Waals surface area contributed by atoms with E-state index in [1.807, 2.05) is 20.8 Å². The summed E-state index contributed by atoms with van der Waals surface area (Å²) in [5.41, 5.74) is 0.355. The molecule has 106 valence electrons. The molecule has 0 N–H and O–H groups in total. The molecule has 19 heavy (non-hydrogen) atoms. The molecule has 0 amide bonds. The number of pyridine rings is 1. The molecule has 1 saturated heterocycles. The van der Waals surface area contributed by atoms with Gasteiger partial charge in [0.15, 0.2) is 0 Å². The number of ether oxygens (including phenoxy) is 1. The first kappa shape index (κ1) is 14.4. The van der Waals surface area contributed by atoms with Gasteiger partial charge >= 0.3 is 0 Å². The van der Waals surface area contributed by atoms with Crippen LogP contribution < -0.4 is 0 Å². The van der Waals surface area contributed by atoms with Crippen LogP contribution in [-0.2, 0) is 14.8 Å². The molecule has 1 aromatic heterocycles. The zero-order chi connectivity index (χ0) is 14.1. The Morgan fingerprint density at radius 1 is 1.47 bits per heavy atom. The normalized spacial score (nSPS) is 25.4. The van der Waals surface area contributed by atoms with Crippen molar-refractivity contribution in [3.63, 3.8) is 0 Å². The number of sulfonamides is 1. The SMILES string of the molecule is CCC1(C)COCCN1S(=O)(=O)c1cncc(C)c1. The number of rotatable bonds is 3. The maximum absolute atomic E-state index is 12.7. The lowest BCUT2D eigenvalue weighted by molar-refractivity contribution is -0.0186. The van der Waals surface area contributed by atoms with Crippen molar-refractivity contribution in [2.45, 2.75) is 37.6 Å². The fourth-order valence-electron chi connectivity index (χ4n) is 2.27. The Hall–Kier alpha value is -0.980. The Morgan fingerprint density at radius 2 is 2.21 bits per heavy atom. The second-order valence-corrected chi connectivity index (χ2v) is 7.04. The third-order valence-corrected chi connectivity index (χ3v) is 5.68. The van der Waals surface area contributed by atoms with Gasteiger partial charge in [-0.1, -0.05) is 6.92 Å². The van der Waals surface area contributed by atoms with E-state index >= 15 is 0 Å². The van der Waals surface area contributed by atoms with Crippen molar-refractivity contribution < 1.29 is 13.2 Å². The van der Waals surface area contributed by atoms with Gasteiger partial charge in [-0.2, -0.15) is 4.31 Å². The Kier molecular flexibility index (Phi) is 3.94. The molecule has 0 radical (unpaired) electrons. The van der Waals surface area contributed by atoms with E-state index in [4.69, 9.17) is 4.74 Å². The van der Waals surface area contributed by atoms with Gasteiger partial charge in [0.1, 0.15) is 4.90 Å². The average molecular weight is 284 g/mol. The van der Waals surface area contributed by atoms with Gasteiger partial charge in [0, 0.05) is 18.9 Å². The Bertz CT molecular complexity index is 559. The van der Waals surface area contributed by atoms with Crippen LogP contribution in [-0.4, -0.2) is 43.0 Å². The molecule has 1 aliphatic rings. The molecule has 1 atom stereocenters. The summed E-state index contributed by atoms with van der Waals surface area (Å²) in [6, 6.07) is 1.66. The molecule has 0 bridgehead atoms. The van der Waals surface area contributed by atoms with Crippen LogP contribution in [0.1, 0.15) is 25.8 Å². The van der Waals surface area contributed by atoms with Gasteiger partial charge in [-0.15, -0.1) is 0 Å². The molecule has 5 nitrogen and oxygen atoms in total. The molecular weight excluding hydrogens is 264 g/mol. The minimum absolute atomic E-state index is 0.258. The van der Waals surface area contributed by atoms with Gasteiger partial charge in [-0.25, -0.2) is 8.42 Å². The molecule has 0 saturated carbocycles. The highest BCUT2D eigenvalue weighted by Gasteiger charge is 2.41. The van der Waals surface area contributed by atoms with E-state index in [1.54, 1.807) is 16.6 Å². The van der Waals surface area contributed by atoms with Crippen molar-refractivity contribution in [1.82, 2.24) is 9.29 Å². The van der Waals surface area contributed by atoms with Gasteiger partial charge in [0.2, 0.25) is 10.0 Å². The maximum atomic E-state index is 12.7. The molecule has 0 aliphatic carbocycles. The summed E-state index contributed by atoms with van der Waals surface area (Å²) in [6.45, 7) is 7.00. The minimum atomic E-state index is -3.51. The fourth-order valence-corrected chi connectivity index (χ4v) is 4.13. The van der Waals surface area contributed by atoms with Crippen LogP contribution in [0.4, 0.5) is 0 Å². The Morgan fingerprint density at radius 3 is 2.84 bits per heavy atom. The number of aryl methyl sites for hydroxylation is 1. The van der Waals surface area contributed by atoms with E-state index in [1.165, 1.54) is 6.20 Å². The molecule has 0 spiro atoms. The fraction of sp³-hybridized carbons (Fsp3) is 0.615. The molecule has 1 fully saturated rings. The van der Waals surface area contributed by atoms with Crippen LogP contribution >= 0.6 is 0 Å². The van der Waals surface area contributed by atoms with Crippen molar-refractivity contribution >= 4 is 10.0 Å². The van der Waals surface area contributed by atoms with E-state index in [9.17, 15) is 8.42 Å². The van der Waals surface area contributed by atoms with E-state index in [0.29, 0.717) is 26.2 Å². The molecule has 2 rings (SSSR count). The summed E-state index contributed by atoms with van der Waals surface area (Å²) in [6.07, 6.45) is 3.77. The standard InChI is InChI=1S/C13H20N2O3S/c1-4-13(3)10-18-6-5-15(13)19(16,17)12-7-11(2)8-14-9-12/h7-9H,4-6,10H2,1-3H3. The van der Waals surface area contributed by atoms with E-state index in [0.717, 1.165) is 5.56 Å². The van der Waals surface area contributed by atoms with E-state index in [2.05, 4.69) is 4.98 Å². The first-order valence-electron chi connectivity index (χ1n) is 6.42. The zero-order valence-electron chi connectivity index (χ0n) is 11.6. The lowest BCUT2D eigenvalue weighted by atomic mass is 9.99. The summed E-state index contributed by atoms with van der Waals surface area (Å²) in [5.74, 6) is 0. The number of hydrogen-bond donors (Lipinski definition) is 0. The molecule has 6 heteroatoms. The number of nitrogens with zero attached hydrogens (tertiary/aromatic N) is 2. The quantitative estimate of drug-likeness (QED) is 0.845. The molecular formula is C13H20N2O3S. The number of morpholine rings is 1. The van der Waals surface area contributed by atoms with Gasteiger partial charge in [0.25, 0.3) is 0 Å². The monoisotopic (exact) mass is 284 g/mol. The highest BCUT2D eigenvalue weighted by molar-refractivity contribution is 7.89. The van der Waals surface area contributed by atoms with Gasteiger partial charge in [-0.05, 0) is 31.9 Å². The first-order valence-corrected chi connectivity index (χ1v) is 7.86. The van der Waals surface area contributed by atoms with Crippen molar-refractivity contribution in [3.8, 4) is 0 Å². The van der Waals surface area contributed by atoms with Crippen LogP contribution in [0.15, 0.2) is 23.4 Å². The summed E-state index contributed by atoms with van der Waals surface area (Å²) < 4.78 is 32.5. The Labute approximate surface area is 114 Å². The first-order chi connectivity index (χ1) is 8.90. The second kappa shape index (κ2) is 5.19. The third kappa shape index (κ3) is 2.66. The van der Waals surface area contributed by atoms with Gasteiger partial charge in [0.05, 0.1) is 18.8 Å². The summed E-state index contributed by atoms with van der Waals surface area (Å²) >= 11 is 0. The summed E-state index contributed by atoms with van der Waals surface area (Å²) in [4.78, 5) is 4.24. The molecule has 1 aromatic rings. The zero-order valence-corrected chi connectivity index (χ0v) is 12.4. The van der Waals surface area contributed by atoms with E-state index < -0.39 is 15.6 Å². The topological polar surface area (TPSA) is 59.5 Å². The predicted octanol–water partition coefficient (Wildman–Crippen LogP) is 1.58. The lowest BCUT2D eigenvalue weighted by Gasteiger charge is -2.42. The summed E-state index contributed by atoms with van der Waals surface area (Å²) in [7, 11) is -3.51. The van der Waals surface area contributed by atoms with Crippen molar-refractivity contribution in [1.29, 1.82) is 0 Å². The van der Waals surface area contributed by atoms with Crippen LogP contribution in [0, 0.1) is 6.92 Å². The number of aromatic nitrogens is 1. The van der Waals surface area contributed by atoms with Crippen molar-refractivity contribution in [3.05, 3.63) is 24.0 Å². The van der Waals surface area contributed by atoms with Crippen LogP contribution in [0.25, 0.3) is 0 Å². The Balaban J connectivity index is 2.43. The molecule has 1 unspecified atom stereocenters. The second-order valence-electron chi connectivity index (χ2n) is 5.18. The largest absolute Gasteiger partial charge is 0.378 e. The highest BCUT2D eigenvalue weighted by Crippen LogP contribution is 2.30. The summed E-state index contributed by atoms with van der Waals surface area (Å²) in [5, 5.41) is 0. The number of hydrogen-bond acceptors (Lipinski definition) is 4. The van der Waals surface area contributed by atoms with Crippen LogP contribution in [0.5, 0.6) is 0 Å². The van der Waals surface area contributed by atoms with Crippen molar-refractivity contribution in [2.75, 3.05) is 19.8 Å². The molecule has 2 heterocycles. The molecule has 1 aliphatic heterocycles. The smallest absolute Gasteiger partial charge is 0.245 e.